The van der Waals surface area contributed by atoms with Crippen LogP contribution in [0.1, 0.15) is 17.3 Å². The van der Waals surface area contributed by atoms with Gasteiger partial charge in [0.2, 0.25) is 5.91 Å². The van der Waals surface area contributed by atoms with Gasteiger partial charge in [-0.05, 0) is 30.5 Å². The molecule has 3 aromatic carbocycles. The van der Waals surface area contributed by atoms with Crippen LogP contribution in [0.3, 0.4) is 0 Å². The summed E-state index contributed by atoms with van der Waals surface area (Å²) in [5.41, 5.74) is 1.77. The van der Waals surface area contributed by atoms with Crippen LogP contribution in [-0.4, -0.2) is 33.4 Å². The van der Waals surface area contributed by atoms with Gasteiger partial charge in [-0.25, -0.2) is 13.2 Å². The van der Waals surface area contributed by atoms with Crippen molar-refractivity contribution in [1.82, 2.24) is 0 Å². The summed E-state index contributed by atoms with van der Waals surface area (Å²) < 4.78 is 32.7. The maximum atomic E-state index is 13.2. The first-order chi connectivity index (χ1) is 16.8. The highest BCUT2D eigenvalue weighted by Gasteiger charge is 2.37. The average molecular weight is 527 g/mol. The van der Waals surface area contributed by atoms with Gasteiger partial charge in [-0.15, -0.1) is 11.3 Å². The van der Waals surface area contributed by atoms with E-state index >= 15 is 0 Å². The normalized spacial score (nSPS) is 13.7. The lowest BCUT2D eigenvalue weighted by Crippen LogP contribution is -2.35. The summed E-state index contributed by atoms with van der Waals surface area (Å²) in [5.74, 6) is -1.19. The fraction of sp³-hybridized carbons (Fsp3) is 0.120. The number of nitrogens with one attached hydrogen (secondary N) is 1. The van der Waals surface area contributed by atoms with Gasteiger partial charge in [-0.3, -0.25) is 9.10 Å². The van der Waals surface area contributed by atoms with E-state index in [1.54, 1.807) is 54.8 Å². The first-order valence-electron chi connectivity index (χ1n) is 10.7. The van der Waals surface area contributed by atoms with E-state index in [2.05, 4.69) is 5.32 Å². The van der Waals surface area contributed by atoms with Crippen LogP contribution in [0.25, 0.3) is 21.9 Å². The quantitative estimate of drug-likeness (QED) is 0.333. The zero-order valence-electron chi connectivity index (χ0n) is 18.4. The maximum Gasteiger partial charge on any atom is 0.341 e. The predicted molar refractivity (Wildman–Crippen MR) is 138 cm³/mol. The molecule has 1 amide bonds. The van der Waals surface area contributed by atoms with Crippen LogP contribution < -0.4 is 9.62 Å². The summed E-state index contributed by atoms with van der Waals surface area (Å²) in [4.78, 5) is 26.1. The van der Waals surface area contributed by atoms with Gasteiger partial charge in [0.15, 0.2) is 0 Å². The predicted octanol–water partition coefficient (Wildman–Crippen LogP) is 5.55. The Morgan fingerprint density at radius 3 is 2.51 bits per heavy atom. The Balaban J connectivity index is 1.48. The third-order valence-corrected chi connectivity index (χ3v) is 8.68. The third kappa shape index (κ3) is 3.95. The van der Waals surface area contributed by atoms with Crippen LogP contribution in [0, 0.1) is 0 Å². The van der Waals surface area contributed by atoms with Crippen LogP contribution >= 0.6 is 22.9 Å². The van der Waals surface area contributed by atoms with E-state index in [4.69, 9.17) is 16.3 Å². The number of anilines is 2. The van der Waals surface area contributed by atoms with E-state index in [1.165, 1.54) is 6.07 Å². The van der Waals surface area contributed by atoms with E-state index in [-0.39, 0.29) is 22.1 Å². The van der Waals surface area contributed by atoms with Crippen LogP contribution in [0.5, 0.6) is 0 Å². The summed E-state index contributed by atoms with van der Waals surface area (Å²) in [5, 5.41) is 6.50. The summed E-state index contributed by atoms with van der Waals surface area (Å²) in [6.45, 7) is 1.39. The molecule has 0 saturated carbocycles. The number of hydrogen-bond donors (Lipinski definition) is 1. The molecule has 0 spiro atoms. The number of halogens is 1. The van der Waals surface area contributed by atoms with E-state index in [0.717, 1.165) is 21.0 Å². The zero-order valence-corrected chi connectivity index (χ0v) is 20.8. The molecule has 0 unspecified atom stereocenters. The molecular formula is C25H19ClN2O5S2. The average Bonchev–Trinajstić information content (AvgIpc) is 3.33. The van der Waals surface area contributed by atoms with Crippen molar-refractivity contribution < 1.29 is 22.7 Å². The Labute approximate surface area is 210 Å². The Morgan fingerprint density at radius 1 is 1.03 bits per heavy atom. The summed E-state index contributed by atoms with van der Waals surface area (Å²) in [7, 11) is -3.90. The van der Waals surface area contributed by atoms with Crippen molar-refractivity contribution in [3.8, 4) is 11.1 Å². The van der Waals surface area contributed by atoms with Gasteiger partial charge in [0.25, 0.3) is 10.0 Å². The van der Waals surface area contributed by atoms with Gasteiger partial charge >= 0.3 is 5.97 Å². The summed E-state index contributed by atoms with van der Waals surface area (Å²) in [6, 6.07) is 17.3. The number of hydrogen-bond acceptors (Lipinski definition) is 6. The number of carbonyl (C=O) groups is 2. The topological polar surface area (TPSA) is 92.8 Å². The minimum absolute atomic E-state index is 0.151. The molecule has 0 aliphatic carbocycles. The molecule has 1 aromatic heterocycles. The van der Waals surface area contributed by atoms with Crippen molar-refractivity contribution in [2.24, 2.45) is 0 Å². The van der Waals surface area contributed by atoms with Crippen molar-refractivity contribution in [3.63, 3.8) is 0 Å². The lowest BCUT2D eigenvalue weighted by molar-refractivity contribution is -0.114. The van der Waals surface area contributed by atoms with Crippen LogP contribution in [0.15, 0.2) is 70.9 Å². The lowest BCUT2D eigenvalue weighted by atomic mass is 10.0. The number of thiophene rings is 1. The van der Waals surface area contributed by atoms with Crippen molar-refractivity contribution in [3.05, 3.63) is 76.6 Å². The van der Waals surface area contributed by atoms with Crippen LogP contribution in [0.4, 0.5) is 10.7 Å². The SMILES string of the molecule is CCOC(=O)c1c(-c2ccccc2Cl)csc1NC(=O)CN1c2cccc3cccc(c23)S1(=O)=O. The first kappa shape index (κ1) is 23.3. The van der Waals surface area contributed by atoms with Crippen molar-refractivity contribution >= 4 is 66.3 Å². The van der Waals surface area contributed by atoms with Gasteiger partial charge in [0.1, 0.15) is 17.1 Å². The number of esters is 1. The molecule has 1 aliphatic heterocycles. The van der Waals surface area contributed by atoms with E-state index < -0.39 is 28.4 Å². The fourth-order valence-corrected chi connectivity index (χ4v) is 7.03. The number of sulfonamides is 1. The van der Waals surface area contributed by atoms with Crippen molar-refractivity contribution in [2.75, 3.05) is 22.8 Å². The molecular weight excluding hydrogens is 508 g/mol. The highest BCUT2D eigenvalue weighted by molar-refractivity contribution is 7.93. The number of carbonyl (C=O) groups excluding carboxylic acids is 2. The lowest BCUT2D eigenvalue weighted by Gasteiger charge is -2.18. The standard InChI is InChI=1S/C25H19ClN2O5S2/c1-2-33-25(30)23-17(16-9-3-4-10-18(16)26)14-34-24(23)27-21(29)13-28-19-11-5-7-15-8-6-12-20(22(15)19)35(28,31)32/h3-12,14H,2,13H2,1H3,(H,27,29). The summed E-state index contributed by atoms with van der Waals surface area (Å²) in [6.07, 6.45) is 0. The molecule has 7 nitrogen and oxygen atoms in total. The Hall–Kier alpha value is -3.40. The largest absolute Gasteiger partial charge is 0.462 e. The molecule has 0 saturated heterocycles. The Kier molecular flexibility index (Phi) is 6.00. The smallest absolute Gasteiger partial charge is 0.341 e. The maximum absolute atomic E-state index is 13.2. The van der Waals surface area contributed by atoms with Crippen LogP contribution in [0.2, 0.25) is 5.02 Å². The number of rotatable bonds is 6. The van der Waals surface area contributed by atoms with Gasteiger partial charge in [0, 0.05) is 26.9 Å². The number of amides is 1. The molecule has 0 radical (unpaired) electrons. The molecule has 35 heavy (non-hydrogen) atoms. The molecule has 1 N–H and O–H groups in total. The number of nitrogens with zero attached hydrogens (tertiary/aromatic N) is 1. The first-order valence-corrected chi connectivity index (χ1v) is 13.4. The number of benzene rings is 3. The highest BCUT2D eigenvalue weighted by Crippen LogP contribution is 2.42. The molecule has 5 rings (SSSR count). The molecule has 2 heterocycles. The van der Waals surface area contributed by atoms with E-state index in [9.17, 15) is 18.0 Å². The van der Waals surface area contributed by atoms with Crippen LogP contribution in [-0.2, 0) is 19.6 Å². The molecule has 0 fully saturated rings. The molecule has 1 aliphatic rings. The Morgan fingerprint density at radius 2 is 1.77 bits per heavy atom. The van der Waals surface area contributed by atoms with Crippen molar-refractivity contribution in [2.45, 2.75) is 11.8 Å². The molecule has 10 heteroatoms. The fourth-order valence-electron chi connectivity index (χ4n) is 4.16. The number of ether oxygens (including phenoxy) is 1. The second-order valence-corrected chi connectivity index (χ2v) is 10.9. The third-order valence-electron chi connectivity index (χ3n) is 5.66. The zero-order chi connectivity index (χ0) is 24.7. The second-order valence-electron chi connectivity index (χ2n) is 7.75. The minimum atomic E-state index is -3.90. The van der Waals surface area contributed by atoms with E-state index in [0.29, 0.717) is 27.2 Å². The van der Waals surface area contributed by atoms with Gasteiger partial charge < -0.3 is 10.1 Å². The van der Waals surface area contributed by atoms with E-state index in [1.807, 2.05) is 12.1 Å². The second kappa shape index (κ2) is 8.99. The van der Waals surface area contributed by atoms with Crippen molar-refractivity contribution in [1.29, 1.82) is 0 Å². The molecule has 4 aromatic rings. The molecule has 0 bridgehead atoms. The van der Waals surface area contributed by atoms with Gasteiger partial charge in [-0.2, -0.15) is 0 Å². The minimum Gasteiger partial charge on any atom is -0.462 e. The highest BCUT2D eigenvalue weighted by atomic mass is 35.5. The Bertz CT molecular complexity index is 1590. The van der Waals surface area contributed by atoms with Gasteiger partial charge in [0.05, 0.1) is 17.2 Å². The summed E-state index contributed by atoms with van der Waals surface area (Å²) >= 11 is 7.49. The molecule has 178 valence electrons. The molecule has 0 atom stereocenters. The van der Waals surface area contributed by atoms with Gasteiger partial charge in [-0.1, -0.05) is 54.1 Å². The monoisotopic (exact) mass is 526 g/mol.